The number of benzene rings is 3. The maximum absolute atomic E-state index is 13.3. The van der Waals surface area contributed by atoms with Gasteiger partial charge in [-0.25, -0.2) is 9.78 Å². The predicted molar refractivity (Wildman–Crippen MR) is 168 cm³/mol. The van der Waals surface area contributed by atoms with Gasteiger partial charge >= 0.3 is 6.09 Å². The highest BCUT2D eigenvalue weighted by molar-refractivity contribution is 5.95. The van der Waals surface area contributed by atoms with Crippen LogP contribution in [0.15, 0.2) is 60.7 Å². The van der Waals surface area contributed by atoms with Crippen LogP contribution < -0.4 is 31.6 Å². The minimum Gasteiger partial charge on any atom is -0.457 e. The molecular weight excluding hydrogens is 562 g/mol. The van der Waals surface area contributed by atoms with Gasteiger partial charge in [-0.15, -0.1) is 0 Å². The number of H-pyrrole nitrogens is 1. The largest absolute Gasteiger partial charge is 0.457 e. The number of anilines is 2. The number of amides is 2. The summed E-state index contributed by atoms with van der Waals surface area (Å²) in [6.45, 7) is 5.47. The minimum absolute atomic E-state index is 0.0396. The average molecular weight is 600 g/mol. The summed E-state index contributed by atoms with van der Waals surface area (Å²) in [5, 5.41) is 13.5. The normalized spacial score (nSPS) is 16.6. The van der Waals surface area contributed by atoms with Crippen molar-refractivity contribution in [1.29, 1.82) is 5.41 Å². The number of nitrogens with two attached hydrogens (primary N) is 2. The summed E-state index contributed by atoms with van der Waals surface area (Å²) in [5.41, 5.74) is 13.3. The number of alkyl carbamates (subject to hydrolysis) is 1. The third-order valence-electron chi connectivity index (χ3n) is 7.08. The molecular formula is C32H37N7O5. The zero-order valence-electron chi connectivity index (χ0n) is 24.9. The molecule has 0 bridgehead atoms. The Morgan fingerprint density at radius 3 is 2.18 bits per heavy atom. The minimum atomic E-state index is -0.570. The Morgan fingerprint density at radius 2 is 1.55 bits per heavy atom. The van der Waals surface area contributed by atoms with Gasteiger partial charge in [-0.2, -0.15) is 0 Å². The van der Waals surface area contributed by atoms with Gasteiger partial charge in [0.2, 0.25) is 5.91 Å². The molecule has 8 N–H and O–H groups in total. The second-order valence-corrected chi connectivity index (χ2v) is 11.8. The van der Waals surface area contributed by atoms with Crippen LogP contribution in [-0.4, -0.2) is 39.4 Å². The number of ether oxygens (including phenoxy) is 3. The molecule has 0 unspecified atom stereocenters. The maximum Gasteiger partial charge on any atom is 0.407 e. The van der Waals surface area contributed by atoms with Gasteiger partial charge in [0.25, 0.3) is 0 Å². The summed E-state index contributed by atoms with van der Waals surface area (Å²) < 4.78 is 17.6. The molecule has 2 amide bonds. The third-order valence-corrected chi connectivity index (χ3v) is 7.08. The molecule has 0 atom stereocenters. The van der Waals surface area contributed by atoms with Crippen molar-refractivity contribution in [3.8, 4) is 23.0 Å². The van der Waals surface area contributed by atoms with E-state index in [2.05, 4.69) is 20.6 Å². The van der Waals surface area contributed by atoms with Crippen LogP contribution in [0.2, 0.25) is 0 Å². The number of carbonyl (C=O) groups excluding carboxylic acids is 2. The van der Waals surface area contributed by atoms with Crippen LogP contribution >= 0.6 is 0 Å². The molecule has 44 heavy (non-hydrogen) atoms. The van der Waals surface area contributed by atoms with E-state index in [4.69, 9.17) is 31.1 Å². The zero-order valence-corrected chi connectivity index (χ0v) is 24.9. The summed E-state index contributed by atoms with van der Waals surface area (Å²) in [6, 6.07) is 17.3. The smallest absolute Gasteiger partial charge is 0.407 e. The topological polar surface area (TPSA) is 190 Å². The lowest BCUT2D eigenvalue weighted by Crippen LogP contribution is -2.42. The number of fused-ring (bicyclic) bond motifs is 1. The lowest BCUT2D eigenvalue weighted by molar-refractivity contribution is -0.120. The molecule has 3 aromatic carbocycles. The number of nitrogens with zero attached hydrogens (tertiary/aromatic N) is 1. The molecule has 12 nitrogen and oxygen atoms in total. The lowest BCUT2D eigenvalue weighted by atomic mass is 9.85. The Balaban J connectivity index is 1.30. The molecule has 1 aliphatic rings. The molecule has 0 aliphatic heterocycles. The Hall–Kier alpha value is -5.26. The fourth-order valence-electron chi connectivity index (χ4n) is 5.02. The van der Waals surface area contributed by atoms with Crippen LogP contribution in [0, 0.1) is 11.3 Å². The van der Waals surface area contributed by atoms with Crippen molar-refractivity contribution in [3.63, 3.8) is 0 Å². The molecule has 0 radical (unpaired) electrons. The van der Waals surface area contributed by atoms with Gasteiger partial charge in [-0.05, 0) is 82.9 Å². The Morgan fingerprint density at radius 1 is 0.909 bits per heavy atom. The molecule has 230 valence electrons. The van der Waals surface area contributed by atoms with Gasteiger partial charge < -0.3 is 41.3 Å². The van der Waals surface area contributed by atoms with Crippen LogP contribution in [0.25, 0.3) is 11.0 Å². The van der Waals surface area contributed by atoms with E-state index in [9.17, 15) is 9.59 Å². The van der Waals surface area contributed by atoms with Gasteiger partial charge in [0.05, 0.1) is 11.0 Å². The van der Waals surface area contributed by atoms with E-state index in [0.29, 0.717) is 71.4 Å². The van der Waals surface area contributed by atoms with Crippen LogP contribution in [0.4, 0.5) is 16.4 Å². The number of carbonyl (C=O) groups is 2. The number of amidine groups is 1. The van der Waals surface area contributed by atoms with Crippen molar-refractivity contribution in [1.82, 2.24) is 15.3 Å². The molecule has 12 heteroatoms. The summed E-state index contributed by atoms with van der Waals surface area (Å²) in [6.07, 6.45) is 2.15. The monoisotopic (exact) mass is 599 g/mol. The van der Waals surface area contributed by atoms with Crippen molar-refractivity contribution in [2.75, 3.05) is 11.1 Å². The van der Waals surface area contributed by atoms with E-state index < -0.39 is 11.7 Å². The maximum atomic E-state index is 13.3. The van der Waals surface area contributed by atoms with E-state index in [1.165, 1.54) is 0 Å². The quantitative estimate of drug-likeness (QED) is 0.104. The van der Waals surface area contributed by atoms with Crippen LogP contribution in [0.3, 0.4) is 0 Å². The summed E-state index contributed by atoms with van der Waals surface area (Å²) in [7, 11) is 0. The van der Waals surface area contributed by atoms with Crippen LogP contribution in [0.5, 0.6) is 23.0 Å². The number of hydrogen-bond acceptors (Lipinski definition) is 8. The fraction of sp³-hybridized carbons (Fsp3) is 0.312. The molecule has 0 spiro atoms. The molecule has 1 aromatic heterocycles. The highest BCUT2D eigenvalue weighted by Crippen LogP contribution is 2.34. The van der Waals surface area contributed by atoms with Crippen molar-refractivity contribution in [2.45, 2.75) is 58.1 Å². The van der Waals surface area contributed by atoms with Gasteiger partial charge in [0.1, 0.15) is 34.4 Å². The summed E-state index contributed by atoms with van der Waals surface area (Å²) >= 11 is 0. The molecule has 0 saturated heterocycles. The standard InChI is InChI=1S/C32H37N7O5/c1-32(2,3)44-31(41)37-20-8-4-19(5-9-20)29(40)36-21-14-24(42-22-10-6-18(7-11-22)28(33)34)16-25(15-21)43-23-12-13-26-27(17-23)39-30(35)38-26/h6-7,10-17,19-20H,4-5,8-9H2,1-3H3,(H3,33,34)(H,36,40)(H,37,41)(H3,35,38,39)/t19-,20-. The molecule has 4 aromatic rings. The Bertz CT molecular complexity index is 1670. The number of aromatic amines is 1. The third kappa shape index (κ3) is 7.97. The fourth-order valence-corrected chi connectivity index (χ4v) is 5.02. The highest BCUT2D eigenvalue weighted by Gasteiger charge is 2.28. The molecule has 1 fully saturated rings. The molecule has 1 heterocycles. The molecule has 1 saturated carbocycles. The van der Waals surface area contributed by atoms with Gasteiger partial charge in [-0.1, -0.05) is 0 Å². The van der Waals surface area contributed by atoms with E-state index in [1.807, 2.05) is 26.8 Å². The van der Waals surface area contributed by atoms with Crippen LogP contribution in [-0.2, 0) is 9.53 Å². The Labute approximate surface area is 255 Å². The Kier molecular flexibility index (Phi) is 8.61. The second-order valence-electron chi connectivity index (χ2n) is 11.8. The number of nitrogens with one attached hydrogen (secondary N) is 4. The zero-order chi connectivity index (χ0) is 31.4. The van der Waals surface area contributed by atoms with Gasteiger partial charge in [0.15, 0.2) is 5.95 Å². The number of imidazole rings is 1. The number of aromatic nitrogens is 2. The van der Waals surface area contributed by atoms with Crippen molar-refractivity contribution < 1.29 is 23.8 Å². The van der Waals surface area contributed by atoms with Gasteiger partial charge in [-0.3, -0.25) is 10.2 Å². The van der Waals surface area contributed by atoms with Crippen molar-refractivity contribution in [3.05, 3.63) is 66.2 Å². The van der Waals surface area contributed by atoms with Crippen LogP contribution in [0.1, 0.15) is 52.0 Å². The highest BCUT2D eigenvalue weighted by atomic mass is 16.6. The number of rotatable bonds is 8. The average Bonchev–Trinajstić information content (AvgIpc) is 3.32. The lowest BCUT2D eigenvalue weighted by Gasteiger charge is -2.29. The van der Waals surface area contributed by atoms with E-state index in [0.717, 1.165) is 5.52 Å². The number of nitrogen functional groups attached to an aromatic ring is 2. The van der Waals surface area contributed by atoms with E-state index >= 15 is 0 Å². The summed E-state index contributed by atoms with van der Waals surface area (Å²) in [5.74, 6) is 1.85. The van der Waals surface area contributed by atoms with Crippen molar-refractivity contribution in [2.24, 2.45) is 11.7 Å². The first-order valence-corrected chi connectivity index (χ1v) is 14.4. The molecule has 1 aliphatic carbocycles. The second kappa shape index (κ2) is 12.5. The number of hydrogen-bond donors (Lipinski definition) is 6. The first kappa shape index (κ1) is 30.2. The van der Waals surface area contributed by atoms with Gasteiger partial charge in [0, 0.05) is 47.5 Å². The first-order valence-electron chi connectivity index (χ1n) is 14.4. The van der Waals surface area contributed by atoms with Crippen molar-refractivity contribution >= 4 is 40.5 Å². The first-order chi connectivity index (χ1) is 20.9. The summed E-state index contributed by atoms with van der Waals surface area (Å²) in [4.78, 5) is 32.7. The van der Waals surface area contributed by atoms with E-state index in [1.54, 1.807) is 54.6 Å². The molecule has 5 rings (SSSR count). The predicted octanol–water partition coefficient (Wildman–Crippen LogP) is 6.04. The SMILES string of the molecule is CC(C)(C)OC(=O)N[C@H]1CC[C@H](C(=O)Nc2cc(Oc3ccc(C(=N)N)cc3)cc(Oc3ccc4[nH]c(N)nc4c3)c2)CC1. The van der Waals surface area contributed by atoms with E-state index in [-0.39, 0.29) is 23.7 Å².